The van der Waals surface area contributed by atoms with E-state index in [2.05, 4.69) is 163 Å². The molecule has 0 amide bonds. The maximum Gasteiger partial charge on any atom is 0.137 e. The lowest BCUT2D eigenvalue weighted by atomic mass is 10.0. The molecule has 0 unspecified atom stereocenters. The van der Waals surface area contributed by atoms with Crippen LogP contribution in [0.15, 0.2) is 191 Å². The SMILES string of the molecule is c1ccc(-c2ccc(N(c3ccc(-c4ccc5oc6ccc7nc(-c8ccccc8)sc7c6c5c4)cc3)c3ccc4c(c3)oc3ccccc34)cc2)cc1. The molecule has 8 aromatic carbocycles. The van der Waals surface area contributed by atoms with Gasteiger partial charge in [0.15, 0.2) is 0 Å². The molecule has 11 aromatic rings. The van der Waals surface area contributed by atoms with Crippen molar-refractivity contribution < 1.29 is 8.83 Å². The summed E-state index contributed by atoms with van der Waals surface area (Å²) in [6.07, 6.45) is 0. The first-order valence-corrected chi connectivity index (χ1v) is 18.8. The molecule has 11 rings (SSSR count). The molecule has 0 atom stereocenters. The van der Waals surface area contributed by atoms with E-state index in [0.717, 1.165) is 92.9 Å². The van der Waals surface area contributed by atoms with Crippen LogP contribution in [0.5, 0.6) is 0 Å². The van der Waals surface area contributed by atoms with Crippen LogP contribution < -0.4 is 4.90 Å². The second-order valence-electron chi connectivity index (χ2n) is 13.6. The van der Waals surface area contributed by atoms with Crippen LogP contribution in [-0.2, 0) is 0 Å². The number of hydrogen-bond acceptors (Lipinski definition) is 5. The maximum absolute atomic E-state index is 6.37. The van der Waals surface area contributed by atoms with Crippen LogP contribution in [0.1, 0.15) is 0 Å². The van der Waals surface area contributed by atoms with Gasteiger partial charge in [0.05, 0.1) is 10.2 Å². The number of fused-ring (bicyclic) bond motifs is 8. The minimum Gasteiger partial charge on any atom is -0.456 e. The zero-order valence-corrected chi connectivity index (χ0v) is 29.8. The Bertz CT molecular complexity index is 3140. The second kappa shape index (κ2) is 12.3. The van der Waals surface area contributed by atoms with Crippen molar-refractivity contribution in [2.75, 3.05) is 4.90 Å². The Hall–Kier alpha value is -6.95. The summed E-state index contributed by atoms with van der Waals surface area (Å²) in [5.74, 6) is 0. The fourth-order valence-corrected chi connectivity index (χ4v) is 8.79. The Labute approximate surface area is 314 Å². The maximum atomic E-state index is 6.37. The summed E-state index contributed by atoms with van der Waals surface area (Å²) in [5.41, 5.74) is 13.4. The number of thiazole rings is 1. The smallest absolute Gasteiger partial charge is 0.137 e. The highest BCUT2D eigenvalue weighted by atomic mass is 32.1. The number of rotatable bonds is 6. The molecule has 0 aliphatic carbocycles. The molecule has 254 valence electrons. The molecule has 4 nitrogen and oxygen atoms in total. The number of anilines is 3. The lowest BCUT2D eigenvalue weighted by Crippen LogP contribution is -2.09. The largest absolute Gasteiger partial charge is 0.456 e. The molecule has 0 N–H and O–H groups in total. The molecule has 0 spiro atoms. The van der Waals surface area contributed by atoms with Crippen molar-refractivity contribution in [2.45, 2.75) is 0 Å². The van der Waals surface area contributed by atoms with Gasteiger partial charge in [0, 0.05) is 50.2 Å². The highest BCUT2D eigenvalue weighted by molar-refractivity contribution is 7.22. The van der Waals surface area contributed by atoms with Gasteiger partial charge in [-0.1, -0.05) is 109 Å². The van der Waals surface area contributed by atoms with Gasteiger partial charge in [0.2, 0.25) is 0 Å². The Balaban J connectivity index is 1.00. The molecule has 0 fully saturated rings. The predicted octanol–water partition coefficient (Wildman–Crippen LogP) is 14.6. The molecule has 0 saturated heterocycles. The number of aromatic nitrogens is 1. The van der Waals surface area contributed by atoms with Crippen LogP contribution in [0.4, 0.5) is 17.1 Å². The third-order valence-electron chi connectivity index (χ3n) is 10.3. The minimum atomic E-state index is 0.864. The summed E-state index contributed by atoms with van der Waals surface area (Å²) in [5, 5.41) is 5.46. The van der Waals surface area contributed by atoms with Crippen molar-refractivity contribution in [1.82, 2.24) is 4.98 Å². The van der Waals surface area contributed by atoms with Gasteiger partial charge in [-0.3, -0.25) is 0 Å². The third kappa shape index (κ3) is 5.09. The van der Waals surface area contributed by atoms with E-state index in [-0.39, 0.29) is 0 Å². The normalized spacial score (nSPS) is 11.7. The molecule has 0 radical (unpaired) electrons. The number of nitrogens with zero attached hydrogens (tertiary/aromatic N) is 2. The third-order valence-corrected chi connectivity index (χ3v) is 11.5. The van der Waals surface area contributed by atoms with E-state index in [4.69, 9.17) is 13.8 Å². The van der Waals surface area contributed by atoms with Crippen molar-refractivity contribution in [3.63, 3.8) is 0 Å². The van der Waals surface area contributed by atoms with E-state index < -0.39 is 0 Å². The van der Waals surface area contributed by atoms with Gasteiger partial charge in [-0.05, 0) is 89.0 Å². The van der Waals surface area contributed by atoms with Gasteiger partial charge in [0.1, 0.15) is 27.3 Å². The molecular weight excluding hydrogens is 681 g/mol. The summed E-state index contributed by atoms with van der Waals surface area (Å²) >= 11 is 1.72. The average Bonchev–Trinajstić information content (AvgIpc) is 3.95. The molecule has 0 bridgehead atoms. The van der Waals surface area contributed by atoms with E-state index in [1.54, 1.807) is 11.3 Å². The van der Waals surface area contributed by atoms with Gasteiger partial charge in [-0.2, -0.15) is 0 Å². The van der Waals surface area contributed by atoms with Crippen LogP contribution in [0.25, 0.3) is 86.9 Å². The number of furan rings is 2. The van der Waals surface area contributed by atoms with Crippen molar-refractivity contribution in [2.24, 2.45) is 0 Å². The molecular formula is C49H30N2O2S. The molecule has 0 aliphatic heterocycles. The van der Waals surface area contributed by atoms with Crippen molar-refractivity contribution in [3.05, 3.63) is 182 Å². The highest BCUT2D eigenvalue weighted by Gasteiger charge is 2.18. The summed E-state index contributed by atoms with van der Waals surface area (Å²) in [7, 11) is 0. The van der Waals surface area contributed by atoms with E-state index in [1.165, 1.54) is 11.1 Å². The summed E-state index contributed by atoms with van der Waals surface area (Å²) in [6.45, 7) is 0. The molecule has 54 heavy (non-hydrogen) atoms. The number of hydrogen-bond donors (Lipinski definition) is 0. The predicted molar refractivity (Wildman–Crippen MR) is 225 cm³/mol. The Morgan fingerprint density at radius 1 is 0.389 bits per heavy atom. The Morgan fingerprint density at radius 3 is 1.70 bits per heavy atom. The average molecular weight is 711 g/mol. The number of para-hydroxylation sites is 1. The molecule has 0 aliphatic rings. The summed E-state index contributed by atoms with van der Waals surface area (Å²) < 4.78 is 13.9. The molecule has 5 heteroatoms. The van der Waals surface area contributed by atoms with Gasteiger partial charge >= 0.3 is 0 Å². The molecule has 0 saturated carbocycles. The standard InChI is InChI=1S/C49H30N2O2S/c1-3-9-31(10-4-1)32-15-20-36(21-16-32)51(38-24-25-40-39-13-7-8-14-43(39)53-46(40)30-38)37-22-17-33(18-23-37)35-19-27-44-41(29-35)47-45(52-44)28-26-42-48(47)54-49(50-42)34-11-5-2-6-12-34/h1-30H. The Kier molecular flexibility index (Phi) is 7.00. The lowest BCUT2D eigenvalue weighted by Gasteiger charge is -2.26. The fraction of sp³-hybridized carbons (Fsp3) is 0. The summed E-state index contributed by atoms with van der Waals surface area (Å²) in [4.78, 5) is 7.28. The quantitative estimate of drug-likeness (QED) is 0.172. The van der Waals surface area contributed by atoms with Crippen LogP contribution in [0, 0.1) is 0 Å². The first-order chi connectivity index (χ1) is 26.7. The van der Waals surface area contributed by atoms with Gasteiger partial charge in [-0.15, -0.1) is 11.3 Å². The fourth-order valence-electron chi connectivity index (χ4n) is 7.67. The first-order valence-electron chi connectivity index (χ1n) is 18.0. The van der Waals surface area contributed by atoms with Gasteiger partial charge < -0.3 is 13.7 Å². The number of benzene rings is 8. The van der Waals surface area contributed by atoms with Crippen molar-refractivity contribution in [3.8, 4) is 32.8 Å². The van der Waals surface area contributed by atoms with Crippen molar-refractivity contribution in [1.29, 1.82) is 0 Å². The van der Waals surface area contributed by atoms with E-state index in [1.807, 2.05) is 24.3 Å². The minimum absolute atomic E-state index is 0.864. The lowest BCUT2D eigenvalue weighted by molar-refractivity contribution is 0.668. The van der Waals surface area contributed by atoms with E-state index in [0.29, 0.717) is 0 Å². The van der Waals surface area contributed by atoms with E-state index in [9.17, 15) is 0 Å². The Morgan fingerprint density at radius 2 is 0.944 bits per heavy atom. The zero-order chi connectivity index (χ0) is 35.6. The van der Waals surface area contributed by atoms with Crippen molar-refractivity contribution >= 4 is 82.5 Å². The van der Waals surface area contributed by atoms with Crippen LogP contribution in [-0.4, -0.2) is 4.98 Å². The van der Waals surface area contributed by atoms with Crippen LogP contribution in [0.3, 0.4) is 0 Å². The molecule has 3 heterocycles. The topological polar surface area (TPSA) is 42.4 Å². The van der Waals surface area contributed by atoms with Crippen LogP contribution in [0.2, 0.25) is 0 Å². The van der Waals surface area contributed by atoms with Gasteiger partial charge in [0.25, 0.3) is 0 Å². The van der Waals surface area contributed by atoms with Gasteiger partial charge in [-0.25, -0.2) is 4.98 Å². The van der Waals surface area contributed by atoms with E-state index >= 15 is 0 Å². The highest BCUT2D eigenvalue weighted by Crippen LogP contribution is 2.43. The first kappa shape index (κ1) is 30.7. The second-order valence-corrected chi connectivity index (χ2v) is 14.6. The van der Waals surface area contributed by atoms with Crippen LogP contribution >= 0.6 is 11.3 Å². The molecule has 3 aromatic heterocycles. The summed E-state index contributed by atoms with van der Waals surface area (Å²) in [6, 6.07) is 63.8. The monoisotopic (exact) mass is 710 g/mol. The zero-order valence-electron chi connectivity index (χ0n) is 28.9.